The molecule has 0 saturated carbocycles. The lowest BCUT2D eigenvalue weighted by atomic mass is 10.7. The zero-order valence-corrected chi connectivity index (χ0v) is 4.39. The molecule has 0 atom stereocenters. The van der Waals surface area contributed by atoms with E-state index in [4.69, 9.17) is 5.11 Å². The molecule has 0 aliphatic rings. The molecule has 1 aromatic rings. The van der Waals surface area contributed by atoms with E-state index in [1.165, 1.54) is 12.1 Å². The fourth-order valence-corrected chi connectivity index (χ4v) is 0.501. The molecule has 1 N–H and O–H groups in total. The first-order valence-corrected chi connectivity index (χ1v) is 2.23. The number of hydrogen-bond donors (Lipinski definition) is 1. The van der Waals surface area contributed by atoms with Crippen LogP contribution in [0.2, 0.25) is 0 Å². The largest absolute Gasteiger partial charge is 0.491 e. The van der Waals surface area contributed by atoms with Crippen LogP contribution in [0.1, 0.15) is 0 Å². The lowest BCUT2D eigenvalue weighted by Crippen LogP contribution is -2.04. The second-order valence-corrected chi connectivity index (χ2v) is 1.45. The van der Waals surface area contributed by atoms with Crippen molar-refractivity contribution in [3.8, 4) is 5.88 Å². The molecule has 0 saturated heterocycles. The highest BCUT2D eigenvalue weighted by Gasteiger charge is 2.04. The minimum atomic E-state index is -0.713. The van der Waals surface area contributed by atoms with Crippen LogP contribution in [-0.4, -0.2) is 14.8 Å². The van der Waals surface area contributed by atoms with Gasteiger partial charge >= 0.3 is 0 Å². The Hall–Kier alpha value is -1.52. The third kappa shape index (κ3) is 0.835. The van der Waals surface area contributed by atoms with Gasteiger partial charge in [0.15, 0.2) is 5.03 Å². The van der Waals surface area contributed by atoms with Gasteiger partial charge in [0.1, 0.15) is 0 Å². The van der Waals surface area contributed by atoms with Crippen molar-refractivity contribution >= 4 is 0 Å². The number of nitro groups is 1. The Morgan fingerprint density at radius 2 is 2.44 bits per heavy atom. The smallest absolute Gasteiger partial charge is 0.255 e. The van der Waals surface area contributed by atoms with Crippen molar-refractivity contribution in [2.75, 3.05) is 0 Å². The van der Waals surface area contributed by atoms with Gasteiger partial charge in [-0.25, -0.2) is 10.1 Å². The highest BCUT2D eigenvalue weighted by atomic mass is 16.7. The van der Waals surface area contributed by atoms with Gasteiger partial charge in [0.25, 0.3) is 5.88 Å². The summed E-state index contributed by atoms with van der Waals surface area (Å²) in [7, 11) is 0. The first-order chi connectivity index (χ1) is 4.22. The Kier molecular flexibility index (Phi) is 1.11. The van der Waals surface area contributed by atoms with E-state index >= 15 is 0 Å². The molecular formula is C4H4N2O3. The van der Waals surface area contributed by atoms with E-state index in [1.807, 2.05) is 0 Å². The maximum absolute atomic E-state index is 9.89. The van der Waals surface area contributed by atoms with E-state index in [-0.39, 0.29) is 5.88 Å². The van der Waals surface area contributed by atoms with Gasteiger partial charge in [-0.05, 0) is 10.7 Å². The lowest BCUT2D eigenvalue weighted by Gasteiger charge is -1.88. The number of hydrogen-bond acceptors (Lipinski definition) is 3. The SMILES string of the molecule is O=[N+]([O-])n1cccc1O. The molecule has 0 aromatic carbocycles. The molecule has 0 radical (unpaired) electrons. The molecule has 5 nitrogen and oxygen atoms in total. The van der Waals surface area contributed by atoms with E-state index < -0.39 is 5.03 Å². The lowest BCUT2D eigenvalue weighted by molar-refractivity contribution is -0.543. The van der Waals surface area contributed by atoms with Gasteiger partial charge < -0.3 is 5.11 Å². The van der Waals surface area contributed by atoms with Gasteiger partial charge in [0.2, 0.25) is 0 Å². The molecule has 0 amide bonds. The Bertz CT molecular complexity index is 229. The summed E-state index contributed by atoms with van der Waals surface area (Å²) >= 11 is 0. The standard InChI is InChI=1S/C4H4N2O3/c7-4-2-1-3-5(4)6(8)9/h1-3,7H. The summed E-state index contributed by atoms with van der Waals surface area (Å²) in [6.07, 6.45) is 1.16. The first-order valence-electron chi connectivity index (χ1n) is 2.23. The van der Waals surface area contributed by atoms with E-state index in [1.54, 1.807) is 0 Å². The summed E-state index contributed by atoms with van der Waals surface area (Å²) in [6, 6.07) is 2.63. The monoisotopic (exact) mass is 128 g/mol. The van der Waals surface area contributed by atoms with Gasteiger partial charge in [-0.2, -0.15) is 0 Å². The molecule has 0 spiro atoms. The van der Waals surface area contributed by atoms with Crippen LogP contribution in [0.25, 0.3) is 0 Å². The quantitative estimate of drug-likeness (QED) is 0.435. The number of aromatic nitrogens is 1. The predicted molar refractivity (Wildman–Crippen MR) is 28.5 cm³/mol. The van der Waals surface area contributed by atoms with Crippen LogP contribution in [0.15, 0.2) is 18.3 Å². The highest BCUT2D eigenvalue weighted by Crippen LogP contribution is 2.06. The molecule has 0 aliphatic carbocycles. The van der Waals surface area contributed by atoms with Crippen molar-refractivity contribution in [1.82, 2.24) is 4.68 Å². The molecule has 1 rings (SSSR count). The number of aromatic hydroxyl groups is 1. The maximum atomic E-state index is 9.89. The van der Waals surface area contributed by atoms with Crippen LogP contribution in [0, 0.1) is 10.1 Å². The first kappa shape index (κ1) is 5.61. The molecule has 0 fully saturated rings. The average Bonchev–Trinajstić information content (AvgIpc) is 2.13. The van der Waals surface area contributed by atoms with Gasteiger partial charge in [0, 0.05) is 6.07 Å². The Balaban J connectivity index is 3.08. The van der Waals surface area contributed by atoms with Crippen LogP contribution in [0.3, 0.4) is 0 Å². The van der Waals surface area contributed by atoms with Crippen LogP contribution in [-0.2, 0) is 0 Å². The van der Waals surface area contributed by atoms with Crippen molar-refractivity contribution in [3.63, 3.8) is 0 Å². The van der Waals surface area contributed by atoms with Crippen LogP contribution in [0.5, 0.6) is 5.88 Å². The van der Waals surface area contributed by atoms with Gasteiger partial charge in [0.05, 0.1) is 6.20 Å². The third-order valence-corrected chi connectivity index (χ3v) is 0.883. The molecule has 1 heterocycles. The van der Waals surface area contributed by atoms with Gasteiger partial charge in [-0.15, -0.1) is 0 Å². The summed E-state index contributed by atoms with van der Waals surface area (Å²) in [5.41, 5.74) is 0. The molecular weight excluding hydrogens is 124 g/mol. The summed E-state index contributed by atoms with van der Waals surface area (Å²) in [6.45, 7) is 0. The Morgan fingerprint density at radius 1 is 1.78 bits per heavy atom. The Morgan fingerprint density at radius 3 is 2.67 bits per heavy atom. The van der Waals surface area contributed by atoms with Crippen LogP contribution in [0.4, 0.5) is 0 Å². The summed E-state index contributed by atoms with van der Waals surface area (Å²) < 4.78 is 0.528. The van der Waals surface area contributed by atoms with E-state index in [9.17, 15) is 10.1 Å². The minimum Gasteiger partial charge on any atom is -0.491 e. The van der Waals surface area contributed by atoms with Crippen LogP contribution < -0.4 is 0 Å². The second kappa shape index (κ2) is 1.77. The van der Waals surface area contributed by atoms with Crippen molar-refractivity contribution in [1.29, 1.82) is 0 Å². The van der Waals surface area contributed by atoms with Crippen molar-refractivity contribution < 1.29 is 10.1 Å². The minimum absolute atomic E-state index is 0.361. The topological polar surface area (TPSA) is 68.3 Å². The molecule has 1 aromatic heterocycles. The summed E-state index contributed by atoms with van der Waals surface area (Å²) in [4.78, 5) is 9.89. The van der Waals surface area contributed by atoms with Crippen molar-refractivity contribution in [3.05, 3.63) is 28.4 Å². The molecule has 0 bridgehead atoms. The van der Waals surface area contributed by atoms with Crippen molar-refractivity contribution in [2.24, 2.45) is 0 Å². The molecule has 5 heteroatoms. The zero-order valence-electron chi connectivity index (χ0n) is 4.39. The highest BCUT2D eigenvalue weighted by molar-refractivity contribution is 5.08. The summed E-state index contributed by atoms with van der Waals surface area (Å²) in [5, 5.41) is 17.8. The molecule has 9 heavy (non-hydrogen) atoms. The third-order valence-electron chi connectivity index (χ3n) is 0.883. The number of rotatable bonds is 1. The maximum Gasteiger partial charge on any atom is 0.255 e. The fraction of sp³-hybridized carbons (Fsp3) is 0. The van der Waals surface area contributed by atoms with E-state index in [2.05, 4.69) is 0 Å². The normalized spacial score (nSPS) is 9.33. The average molecular weight is 128 g/mol. The molecule has 0 unspecified atom stereocenters. The van der Waals surface area contributed by atoms with Gasteiger partial charge in [-0.1, -0.05) is 0 Å². The second-order valence-electron chi connectivity index (χ2n) is 1.45. The number of nitrogens with zero attached hydrogens (tertiary/aromatic N) is 2. The molecule has 48 valence electrons. The Labute approximate surface area is 50.3 Å². The van der Waals surface area contributed by atoms with E-state index in [0.29, 0.717) is 4.68 Å². The summed E-state index contributed by atoms with van der Waals surface area (Å²) in [5.74, 6) is -0.361. The van der Waals surface area contributed by atoms with Crippen LogP contribution >= 0.6 is 0 Å². The fourth-order valence-electron chi connectivity index (χ4n) is 0.501. The predicted octanol–water partition coefficient (Wildman–Crippen LogP) is 0.233. The van der Waals surface area contributed by atoms with Gasteiger partial charge in [-0.3, -0.25) is 0 Å². The van der Waals surface area contributed by atoms with E-state index in [0.717, 1.165) is 6.20 Å². The zero-order chi connectivity index (χ0) is 6.85. The van der Waals surface area contributed by atoms with Crippen molar-refractivity contribution in [2.45, 2.75) is 0 Å². The molecule has 0 aliphatic heterocycles.